The molecule has 15 heavy (non-hydrogen) atoms. The van der Waals surface area contributed by atoms with Crippen molar-refractivity contribution in [2.24, 2.45) is 5.92 Å². The predicted molar refractivity (Wildman–Crippen MR) is 62.2 cm³/mol. The Morgan fingerprint density at radius 1 is 1.73 bits per heavy atom. The summed E-state index contributed by atoms with van der Waals surface area (Å²) < 4.78 is 5.79. The Bertz CT molecular complexity index is 289. The normalized spacial score (nSPS) is 28.1. The zero-order valence-electron chi connectivity index (χ0n) is 9.27. The van der Waals surface area contributed by atoms with E-state index >= 15 is 0 Å². The summed E-state index contributed by atoms with van der Waals surface area (Å²) >= 11 is 1.72. The van der Waals surface area contributed by atoms with Gasteiger partial charge in [-0.15, -0.1) is 11.3 Å². The van der Waals surface area contributed by atoms with Crippen LogP contribution in [-0.4, -0.2) is 30.8 Å². The van der Waals surface area contributed by atoms with Gasteiger partial charge >= 0.3 is 0 Å². The summed E-state index contributed by atoms with van der Waals surface area (Å²) in [6.07, 6.45) is 4.52. The molecule has 3 unspecified atom stereocenters. The van der Waals surface area contributed by atoms with Gasteiger partial charge in [0.05, 0.1) is 11.6 Å². The molecule has 1 N–H and O–H groups in total. The molecule has 1 fully saturated rings. The van der Waals surface area contributed by atoms with Crippen LogP contribution in [0.15, 0.2) is 11.7 Å². The predicted octanol–water partition coefficient (Wildman–Crippen LogP) is 1.70. The fraction of sp³-hybridized carbons (Fsp3) is 0.727. The van der Waals surface area contributed by atoms with Gasteiger partial charge in [0.25, 0.3) is 0 Å². The fourth-order valence-electron chi connectivity index (χ4n) is 2.17. The first-order chi connectivity index (χ1) is 7.31. The molecule has 2 heterocycles. The minimum Gasteiger partial charge on any atom is -0.376 e. The molecule has 0 saturated carbocycles. The topological polar surface area (TPSA) is 34.2 Å². The SMILES string of the molecule is CNC(Cc1cncs1)C1OCCC1C. The number of thiazole rings is 1. The molecule has 1 aliphatic heterocycles. The molecular weight excluding hydrogens is 208 g/mol. The molecule has 1 saturated heterocycles. The Kier molecular flexibility index (Phi) is 3.72. The maximum absolute atomic E-state index is 5.79. The number of nitrogens with zero attached hydrogens (tertiary/aromatic N) is 1. The molecule has 1 aliphatic rings. The van der Waals surface area contributed by atoms with Gasteiger partial charge in [0.2, 0.25) is 0 Å². The van der Waals surface area contributed by atoms with E-state index in [2.05, 4.69) is 17.2 Å². The molecule has 1 aromatic rings. The van der Waals surface area contributed by atoms with E-state index in [0.29, 0.717) is 18.1 Å². The van der Waals surface area contributed by atoms with Crippen molar-refractivity contribution in [3.63, 3.8) is 0 Å². The second kappa shape index (κ2) is 5.05. The van der Waals surface area contributed by atoms with E-state index in [4.69, 9.17) is 4.74 Å². The number of hydrogen-bond donors (Lipinski definition) is 1. The molecule has 0 spiro atoms. The van der Waals surface area contributed by atoms with Crippen molar-refractivity contribution in [3.05, 3.63) is 16.6 Å². The van der Waals surface area contributed by atoms with Crippen LogP contribution in [-0.2, 0) is 11.2 Å². The van der Waals surface area contributed by atoms with Crippen molar-refractivity contribution in [1.29, 1.82) is 0 Å². The van der Waals surface area contributed by atoms with Crippen LogP contribution in [0.5, 0.6) is 0 Å². The van der Waals surface area contributed by atoms with Gasteiger partial charge < -0.3 is 10.1 Å². The van der Waals surface area contributed by atoms with Crippen molar-refractivity contribution in [3.8, 4) is 0 Å². The van der Waals surface area contributed by atoms with E-state index in [1.54, 1.807) is 11.3 Å². The number of rotatable bonds is 4. The molecular formula is C11H18N2OS. The zero-order chi connectivity index (χ0) is 10.7. The van der Waals surface area contributed by atoms with Gasteiger partial charge in [0.15, 0.2) is 0 Å². The highest BCUT2D eigenvalue weighted by Gasteiger charge is 2.31. The van der Waals surface area contributed by atoms with E-state index in [-0.39, 0.29) is 0 Å². The summed E-state index contributed by atoms with van der Waals surface area (Å²) in [5.41, 5.74) is 1.89. The first-order valence-electron chi connectivity index (χ1n) is 5.47. The highest BCUT2D eigenvalue weighted by Crippen LogP contribution is 2.25. The minimum absolute atomic E-state index is 0.358. The molecule has 3 atom stereocenters. The molecule has 0 aromatic carbocycles. The summed E-state index contributed by atoms with van der Waals surface area (Å²) in [5.74, 6) is 0.662. The van der Waals surface area contributed by atoms with Crippen molar-refractivity contribution >= 4 is 11.3 Å². The highest BCUT2D eigenvalue weighted by atomic mass is 32.1. The van der Waals surface area contributed by atoms with Crippen LogP contribution in [0.25, 0.3) is 0 Å². The Morgan fingerprint density at radius 2 is 2.60 bits per heavy atom. The van der Waals surface area contributed by atoms with E-state index in [1.807, 2.05) is 18.8 Å². The van der Waals surface area contributed by atoms with Crippen LogP contribution in [0.4, 0.5) is 0 Å². The van der Waals surface area contributed by atoms with Crippen LogP contribution < -0.4 is 5.32 Å². The van der Waals surface area contributed by atoms with E-state index in [0.717, 1.165) is 13.0 Å². The van der Waals surface area contributed by atoms with Crippen LogP contribution in [0.2, 0.25) is 0 Å². The molecule has 2 rings (SSSR count). The van der Waals surface area contributed by atoms with Gasteiger partial charge in [-0.05, 0) is 19.4 Å². The van der Waals surface area contributed by atoms with Gasteiger partial charge in [-0.1, -0.05) is 6.92 Å². The molecule has 0 radical (unpaired) electrons. The number of hydrogen-bond acceptors (Lipinski definition) is 4. The van der Waals surface area contributed by atoms with Crippen molar-refractivity contribution in [2.45, 2.75) is 31.9 Å². The van der Waals surface area contributed by atoms with Gasteiger partial charge in [0.1, 0.15) is 0 Å². The Morgan fingerprint density at radius 3 is 3.13 bits per heavy atom. The highest BCUT2D eigenvalue weighted by molar-refractivity contribution is 7.09. The second-order valence-electron chi connectivity index (χ2n) is 4.17. The van der Waals surface area contributed by atoms with Crippen LogP contribution >= 0.6 is 11.3 Å². The quantitative estimate of drug-likeness (QED) is 0.848. The molecule has 0 aliphatic carbocycles. The summed E-state index contributed by atoms with van der Waals surface area (Å²) in [7, 11) is 2.01. The Labute approximate surface area is 94.9 Å². The third kappa shape index (κ3) is 2.56. The molecule has 0 amide bonds. The second-order valence-corrected chi connectivity index (χ2v) is 5.14. The lowest BCUT2D eigenvalue weighted by Gasteiger charge is -2.25. The summed E-state index contributed by atoms with van der Waals surface area (Å²) in [4.78, 5) is 5.44. The first kappa shape index (κ1) is 11.0. The maximum Gasteiger partial charge on any atom is 0.0794 e. The van der Waals surface area contributed by atoms with Crippen LogP contribution in [0.1, 0.15) is 18.2 Å². The largest absolute Gasteiger partial charge is 0.376 e. The average Bonchev–Trinajstić information content (AvgIpc) is 2.85. The van der Waals surface area contributed by atoms with E-state index in [1.165, 1.54) is 11.3 Å². The number of likely N-dealkylation sites (N-methyl/N-ethyl adjacent to an activating group) is 1. The number of nitrogens with one attached hydrogen (secondary N) is 1. The van der Waals surface area contributed by atoms with Crippen molar-refractivity contribution in [1.82, 2.24) is 10.3 Å². The van der Waals surface area contributed by atoms with Gasteiger partial charge in [-0.25, -0.2) is 0 Å². The average molecular weight is 226 g/mol. The van der Waals surface area contributed by atoms with E-state index in [9.17, 15) is 0 Å². The lowest BCUT2D eigenvalue weighted by atomic mass is 9.95. The monoisotopic (exact) mass is 226 g/mol. The van der Waals surface area contributed by atoms with Crippen LogP contribution in [0, 0.1) is 5.92 Å². The molecule has 84 valence electrons. The smallest absolute Gasteiger partial charge is 0.0794 e. The molecule has 0 bridgehead atoms. The summed E-state index contributed by atoms with van der Waals surface area (Å²) in [6, 6.07) is 0.419. The van der Waals surface area contributed by atoms with Crippen molar-refractivity contribution < 1.29 is 4.74 Å². The van der Waals surface area contributed by atoms with Crippen LogP contribution in [0.3, 0.4) is 0 Å². The minimum atomic E-state index is 0.358. The molecule has 3 nitrogen and oxygen atoms in total. The number of ether oxygens (including phenoxy) is 1. The van der Waals surface area contributed by atoms with Crippen molar-refractivity contribution in [2.75, 3.05) is 13.7 Å². The molecule has 4 heteroatoms. The van der Waals surface area contributed by atoms with Gasteiger partial charge in [0, 0.05) is 30.1 Å². The first-order valence-corrected chi connectivity index (χ1v) is 6.35. The number of aromatic nitrogens is 1. The maximum atomic E-state index is 5.79. The third-order valence-electron chi connectivity index (χ3n) is 3.12. The lowest BCUT2D eigenvalue weighted by Crippen LogP contribution is -2.41. The Hall–Kier alpha value is -0.450. The van der Waals surface area contributed by atoms with Gasteiger partial charge in [-0.3, -0.25) is 4.98 Å². The third-order valence-corrected chi connectivity index (χ3v) is 3.92. The summed E-state index contributed by atoms with van der Waals surface area (Å²) in [6.45, 7) is 3.18. The summed E-state index contributed by atoms with van der Waals surface area (Å²) in [5, 5.41) is 3.37. The molecule has 1 aromatic heterocycles. The fourth-order valence-corrected chi connectivity index (χ4v) is 2.83. The zero-order valence-corrected chi connectivity index (χ0v) is 10.1. The standard InChI is InChI=1S/C11H18N2OS/c1-8-3-4-14-11(8)10(12-2)5-9-6-13-7-15-9/h6-8,10-12H,3-5H2,1-2H3. The van der Waals surface area contributed by atoms with Gasteiger partial charge in [-0.2, -0.15) is 0 Å². The Balaban J connectivity index is 1.97. The lowest BCUT2D eigenvalue weighted by molar-refractivity contribution is 0.0636. The van der Waals surface area contributed by atoms with E-state index < -0.39 is 0 Å².